The van der Waals surface area contributed by atoms with E-state index in [9.17, 15) is 15.0 Å². The highest BCUT2D eigenvalue weighted by molar-refractivity contribution is 5.85. The van der Waals surface area contributed by atoms with Crippen molar-refractivity contribution in [3.63, 3.8) is 0 Å². The van der Waals surface area contributed by atoms with Crippen LogP contribution in [0.15, 0.2) is 103 Å². The number of aliphatic hydroxyl groups excluding tert-OH is 1. The molecular formula is C32H30O3. The van der Waals surface area contributed by atoms with Crippen molar-refractivity contribution >= 4 is 5.97 Å². The third-order valence-corrected chi connectivity index (χ3v) is 7.23. The summed E-state index contributed by atoms with van der Waals surface area (Å²) in [5.41, 5.74) is 6.75. The average molecular weight is 463 g/mol. The minimum Gasteiger partial charge on any atom is -0.481 e. The molecule has 0 saturated heterocycles. The van der Waals surface area contributed by atoms with Crippen molar-refractivity contribution in [3.05, 3.63) is 120 Å². The number of hydrogen-bond acceptors (Lipinski definition) is 2. The van der Waals surface area contributed by atoms with Crippen molar-refractivity contribution in [1.82, 2.24) is 0 Å². The Hall–Kier alpha value is -3.69. The molecule has 0 amide bonds. The maximum Gasteiger partial charge on any atom is 0.314 e. The molecule has 5 rings (SSSR count). The van der Waals surface area contributed by atoms with E-state index in [1.165, 1.54) is 5.56 Å². The average Bonchev–Trinajstić information content (AvgIpc) is 3.72. The molecule has 0 aromatic heterocycles. The number of aliphatic carboxylic acids is 1. The Labute approximate surface area is 206 Å². The van der Waals surface area contributed by atoms with Gasteiger partial charge < -0.3 is 10.2 Å². The van der Waals surface area contributed by atoms with Crippen LogP contribution in [0.5, 0.6) is 0 Å². The van der Waals surface area contributed by atoms with Gasteiger partial charge in [0.1, 0.15) is 0 Å². The first kappa shape index (κ1) is 23.1. The SMILES string of the molecule is O=C(O)C1(c2ccc(-c3ccc(-c4ccccc4C(O)CCCc4ccccc4)cc3)cc2)CC1. The number of carbonyl (C=O) groups is 1. The molecule has 1 unspecified atom stereocenters. The number of aliphatic hydroxyl groups is 1. The van der Waals surface area contributed by atoms with Gasteiger partial charge >= 0.3 is 5.97 Å². The van der Waals surface area contributed by atoms with Crippen LogP contribution < -0.4 is 0 Å². The predicted octanol–water partition coefficient (Wildman–Crippen LogP) is 7.19. The third kappa shape index (κ3) is 4.91. The Bertz CT molecular complexity index is 1290. The Morgan fingerprint density at radius 2 is 1.31 bits per heavy atom. The zero-order valence-electron chi connectivity index (χ0n) is 19.7. The fraction of sp³-hybridized carbons (Fsp3) is 0.219. The molecule has 35 heavy (non-hydrogen) atoms. The van der Waals surface area contributed by atoms with Gasteiger partial charge in [0.05, 0.1) is 11.5 Å². The summed E-state index contributed by atoms with van der Waals surface area (Å²) >= 11 is 0. The molecule has 1 fully saturated rings. The van der Waals surface area contributed by atoms with Gasteiger partial charge in [-0.25, -0.2) is 0 Å². The van der Waals surface area contributed by atoms with Gasteiger partial charge in [0.2, 0.25) is 0 Å². The van der Waals surface area contributed by atoms with Gasteiger partial charge in [0.25, 0.3) is 0 Å². The molecule has 1 atom stereocenters. The first-order valence-electron chi connectivity index (χ1n) is 12.3. The molecule has 0 radical (unpaired) electrons. The number of carboxylic acid groups (broad SMARTS) is 1. The fourth-order valence-electron chi connectivity index (χ4n) is 4.93. The zero-order valence-corrected chi connectivity index (χ0v) is 19.7. The number of rotatable bonds is 9. The van der Waals surface area contributed by atoms with Crippen molar-refractivity contribution in [1.29, 1.82) is 0 Å². The minimum absolute atomic E-state index is 0.508. The van der Waals surface area contributed by atoms with Crippen LogP contribution >= 0.6 is 0 Å². The molecule has 0 bridgehead atoms. The zero-order chi connectivity index (χ0) is 24.3. The van der Waals surface area contributed by atoms with E-state index in [2.05, 4.69) is 54.6 Å². The summed E-state index contributed by atoms with van der Waals surface area (Å²) in [4.78, 5) is 11.6. The first-order chi connectivity index (χ1) is 17.1. The van der Waals surface area contributed by atoms with E-state index in [1.54, 1.807) is 0 Å². The van der Waals surface area contributed by atoms with E-state index in [0.29, 0.717) is 19.3 Å². The second-order valence-corrected chi connectivity index (χ2v) is 9.52. The van der Waals surface area contributed by atoms with Gasteiger partial charge in [-0.15, -0.1) is 0 Å². The van der Waals surface area contributed by atoms with E-state index in [4.69, 9.17) is 0 Å². The summed E-state index contributed by atoms with van der Waals surface area (Å²) < 4.78 is 0. The summed E-state index contributed by atoms with van der Waals surface area (Å²) in [6, 6.07) is 34.8. The van der Waals surface area contributed by atoms with Gasteiger partial charge in [-0.1, -0.05) is 103 Å². The molecular weight excluding hydrogens is 432 g/mol. The molecule has 176 valence electrons. The smallest absolute Gasteiger partial charge is 0.314 e. The van der Waals surface area contributed by atoms with Crippen LogP contribution in [0.1, 0.15) is 48.5 Å². The van der Waals surface area contributed by atoms with E-state index >= 15 is 0 Å². The number of hydrogen-bond donors (Lipinski definition) is 2. The highest BCUT2D eigenvalue weighted by Gasteiger charge is 2.51. The van der Waals surface area contributed by atoms with Crippen LogP contribution in [0.25, 0.3) is 22.3 Å². The van der Waals surface area contributed by atoms with Crippen LogP contribution in [0.2, 0.25) is 0 Å². The van der Waals surface area contributed by atoms with Crippen molar-refractivity contribution in [2.45, 2.75) is 43.6 Å². The lowest BCUT2D eigenvalue weighted by Gasteiger charge is -2.16. The molecule has 1 aliphatic carbocycles. The summed E-state index contributed by atoms with van der Waals surface area (Å²) in [5.74, 6) is -0.726. The Kier molecular flexibility index (Phi) is 6.52. The van der Waals surface area contributed by atoms with Crippen LogP contribution in [-0.4, -0.2) is 16.2 Å². The van der Waals surface area contributed by atoms with Gasteiger partial charge in [0, 0.05) is 0 Å². The maximum atomic E-state index is 11.6. The lowest BCUT2D eigenvalue weighted by atomic mass is 9.91. The molecule has 1 aliphatic rings. The summed E-state index contributed by atoms with van der Waals surface area (Å²) in [5, 5.41) is 20.5. The van der Waals surface area contributed by atoms with Crippen molar-refractivity contribution in [2.24, 2.45) is 0 Å². The normalized spacial score (nSPS) is 14.9. The highest BCUT2D eigenvalue weighted by atomic mass is 16.4. The van der Waals surface area contributed by atoms with E-state index in [-0.39, 0.29) is 0 Å². The summed E-state index contributed by atoms with van der Waals surface area (Å²) in [7, 11) is 0. The lowest BCUT2D eigenvalue weighted by molar-refractivity contribution is -0.140. The summed E-state index contributed by atoms with van der Waals surface area (Å²) in [6.07, 6.45) is 3.53. The predicted molar refractivity (Wildman–Crippen MR) is 140 cm³/mol. The van der Waals surface area contributed by atoms with Gasteiger partial charge in [-0.05, 0) is 71.0 Å². The fourth-order valence-corrected chi connectivity index (χ4v) is 4.93. The Morgan fingerprint density at radius 3 is 1.94 bits per heavy atom. The third-order valence-electron chi connectivity index (χ3n) is 7.23. The Morgan fingerprint density at radius 1 is 0.743 bits per heavy atom. The van der Waals surface area contributed by atoms with Crippen molar-refractivity contribution < 1.29 is 15.0 Å². The first-order valence-corrected chi connectivity index (χ1v) is 12.3. The molecule has 0 aliphatic heterocycles. The van der Waals surface area contributed by atoms with Crippen molar-refractivity contribution in [2.75, 3.05) is 0 Å². The van der Waals surface area contributed by atoms with Crippen LogP contribution in [0, 0.1) is 0 Å². The number of aryl methyl sites for hydroxylation is 1. The monoisotopic (exact) mass is 462 g/mol. The van der Waals surface area contributed by atoms with E-state index in [1.807, 2.05) is 48.5 Å². The van der Waals surface area contributed by atoms with Gasteiger partial charge in [-0.2, -0.15) is 0 Å². The summed E-state index contributed by atoms with van der Waals surface area (Å²) in [6.45, 7) is 0. The van der Waals surface area contributed by atoms with Gasteiger partial charge in [-0.3, -0.25) is 4.79 Å². The quantitative estimate of drug-likeness (QED) is 0.277. The van der Waals surface area contributed by atoms with Crippen LogP contribution in [0.4, 0.5) is 0 Å². The molecule has 1 saturated carbocycles. The molecule has 3 nitrogen and oxygen atoms in total. The highest BCUT2D eigenvalue weighted by Crippen LogP contribution is 2.48. The van der Waals surface area contributed by atoms with Crippen molar-refractivity contribution in [3.8, 4) is 22.3 Å². The number of carboxylic acids is 1. The standard InChI is InChI=1S/C32H30O3/c33-30(12-6-9-23-7-2-1-3-8-23)29-11-5-4-10-28(29)26-15-13-24(14-16-26)25-17-19-27(20-18-25)32(21-22-32)31(34)35/h1-5,7-8,10-11,13-20,30,33H,6,9,12,21-22H2,(H,34,35). The van der Waals surface area contributed by atoms with Crippen LogP contribution in [-0.2, 0) is 16.6 Å². The van der Waals surface area contributed by atoms with E-state index < -0.39 is 17.5 Å². The molecule has 0 spiro atoms. The molecule has 0 heterocycles. The lowest BCUT2D eigenvalue weighted by Crippen LogP contribution is -2.19. The van der Waals surface area contributed by atoms with Gasteiger partial charge in [0.15, 0.2) is 0 Å². The second-order valence-electron chi connectivity index (χ2n) is 9.52. The minimum atomic E-state index is -0.726. The topological polar surface area (TPSA) is 57.5 Å². The Balaban J connectivity index is 1.29. The molecule has 2 N–H and O–H groups in total. The molecule has 4 aromatic rings. The van der Waals surface area contributed by atoms with E-state index in [0.717, 1.165) is 46.2 Å². The largest absolute Gasteiger partial charge is 0.481 e. The number of benzene rings is 4. The second kappa shape index (κ2) is 9.89. The maximum absolute atomic E-state index is 11.6. The molecule has 3 heteroatoms. The van der Waals surface area contributed by atoms with Crippen LogP contribution in [0.3, 0.4) is 0 Å². The molecule has 4 aromatic carbocycles.